The van der Waals surface area contributed by atoms with Gasteiger partial charge < -0.3 is 5.32 Å². The fourth-order valence-electron chi connectivity index (χ4n) is 4.29. The van der Waals surface area contributed by atoms with E-state index in [4.69, 9.17) is 0 Å². The van der Waals surface area contributed by atoms with Crippen molar-refractivity contribution < 1.29 is 0 Å². The van der Waals surface area contributed by atoms with E-state index in [1.807, 2.05) is 6.07 Å². The summed E-state index contributed by atoms with van der Waals surface area (Å²) in [4.78, 5) is 2.52. The third-order valence-electron chi connectivity index (χ3n) is 5.53. The smallest absolute Gasteiger partial charge is 0.116 e. The van der Waals surface area contributed by atoms with E-state index in [9.17, 15) is 0 Å². The van der Waals surface area contributed by atoms with Gasteiger partial charge in [0, 0.05) is 44.2 Å². The van der Waals surface area contributed by atoms with Crippen LogP contribution in [0.15, 0.2) is 60.7 Å². The van der Waals surface area contributed by atoms with Crippen molar-refractivity contribution >= 4 is 12.4 Å². The SMILES string of the molecule is Cl.c1ccc(CN2C[C@@H]3NCCc4c(-c5ccccc5)nnn4[C@@H]3C2)cc1. The van der Waals surface area contributed by atoms with Gasteiger partial charge >= 0.3 is 0 Å². The van der Waals surface area contributed by atoms with E-state index in [0.29, 0.717) is 12.1 Å². The Balaban J connectivity index is 0.00000180. The second-order valence-electron chi connectivity index (χ2n) is 7.25. The number of likely N-dealkylation sites (tertiary alicyclic amines) is 1. The zero-order chi connectivity index (χ0) is 17.3. The number of hydrogen-bond donors (Lipinski definition) is 1. The number of hydrogen-bond acceptors (Lipinski definition) is 4. The van der Waals surface area contributed by atoms with Crippen molar-refractivity contribution in [2.45, 2.75) is 25.0 Å². The van der Waals surface area contributed by atoms with Crippen LogP contribution in [0.2, 0.25) is 0 Å². The molecule has 0 unspecified atom stereocenters. The summed E-state index contributed by atoms with van der Waals surface area (Å²) in [7, 11) is 0. The predicted molar refractivity (Wildman–Crippen MR) is 109 cm³/mol. The number of nitrogens with zero attached hydrogens (tertiary/aromatic N) is 4. The molecule has 2 atom stereocenters. The lowest BCUT2D eigenvalue weighted by Gasteiger charge is -2.17. The van der Waals surface area contributed by atoms with Crippen molar-refractivity contribution in [2.24, 2.45) is 0 Å². The highest BCUT2D eigenvalue weighted by Crippen LogP contribution is 2.30. The van der Waals surface area contributed by atoms with Crippen LogP contribution in [0, 0.1) is 0 Å². The fraction of sp³-hybridized carbons (Fsp3) is 0.333. The minimum Gasteiger partial charge on any atom is -0.310 e. The van der Waals surface area contributed by atoms with E-state index in [0.717, 1.165) is 43.9 Å². The molecule has 5 nitrogen and oxygen atoms in total. The Morgan fingerprint density at radius 2 is 1.70 bits per heavy atom. The zero-order valence-corrected chi connectivity index (χ0v) is 16.0. The molecule has 0 aliphatic carbocycles. The van der Waals surface area contributed by atoms with Gasteiger partial charge in [0.05, 0.1) is 11.7 Å². The maximum absolute atomic E-state index is 4.58. The Labute approximate surface area is 165 Å². The molecule has 1 N–H and O–H groups in total. The van der Waals surface area contributed by atoms with Crippen LogP contribution in [0.4, 0.5) is 0 Å². The van der Waals surface area contributed by atoms with Gasteiger partial charge in [0.25, 0.3) is 0 Å². The molecule has 2 aromatic carbocycles. The average Bonchev–Trinajstić information content (AvgIpc) is 3.24. The molecule has 3 aromatic rings. The third kappa shape index (κ3) is 3.50. The number of fused-ring (bicyclic) bond motifs is 3. The van der Waals surface area contributed by atoms with Gasteiger partial charge in [-0.05, 0) is 5.56 Å². The highest BCUT2D eigenvalue weighted by atomic mass is 35.5. The summed E-state index contributed by atoms with van der Waals surface area (Å²) in [5, 5.41) is 12.9. The van der Waals surface area contributed by atoms with Gasteiger partial charge in [0.2, 0.25) is 0 Å². The second-order valence-corrected chi connectivity index (χ2v) is 7.25. The molecular weight excluding hydrogens is 358 g/mol. The van der Waals surface area contributed by atoms with Crippen LogP contribution in [0.1, 0.15) is 17.3 Å². The maximum atomic E-state index is 4.58. The first-order valence-electron chi connectivity index (χ1n) is 9.37. The lowest BCUT2D eigenvalue weighted by atomic mass is 10.1. The molecule has 2 aliphatic rings. The molecule has 1 aromatic heterocycles. The molecule has 27 heavy (non-hydrogen) atoms. The number of aromatic nitrogens is 3. The third-order valence-corrected chi connectivity index (χ3v) is 5.53. The minimum absolute atomic E-state index is 0. The van der Waals surface area contributed by atoms with Crippen molar-refractivity contribution in [1.29, 1.82) is 0 Å². The fourth-order valence-corrected chi connectivity index (χ4v) is 4.29. The summed E-state index contributed by atoms with van der Waals surface area (Å²) in [5.41, 5.74) is 4.83. The molecule has 140 valence electrons. The van der Waals surface area contributed by atoms with Crippen LogP contribution >= 0.6 is 12.4 Å². The van der Waals surface area contributed by atoms with Crippen molar-refractivity contribution in [3.8, 4) is 11.3 Å². The monoisotopic (exact) mass is 381 g/mol. The first-order valence-corrected chi connectivity index (χ1v) is 9.37. The quantitative estimate of drug-likeness (QED) is 0.757. The summed E-state index contributed by atoms with van der Waals surface area (Å²) in [5.74, 6) is 0. The topological polar surface area (TPSA) is 46.0 Å². The van der Waals surface area contributed by atoms with E-state index in [1.165, 1.54) is 11.3 Å². The molecule has 1 fully saturated rings. The summed E-state index contributed by atoms with van der Waals surface area (Å²) in [6.07, 6.45) is 0.975. The van der Waals surface area contributed by atoms with Crippen molar-refractivity contribution in [3.05, 3.63) is 71.9 Å². The van der Waals surface area contributed by atoms with E-state index >= 15 is 0 Å². The average molecular weight is 382 g/mol. The van der Waals surface area contributed by atoms with Crippen LogP contribution in [0.25, 0.3) is 11.3 Å². The Morgan fingerprint density at radius 3 is 2.48 bits per heavy atom. The van der Waals surface area contributed by atoms with Crippen LogP contribution < -0.4 is 5.32 Å². The molecule has 0 amide bonds. The lowest BCUT2D eigenvalue weighted by molar-refractivity contribution is 0.308. The zero-order valence-electron chi connectivity index (χ0n) is 15.2. The molecule has 0 saturated carbocycles. The van der Waals surface area contributed by atoms with Crippen molar-refractivity contribution in [3.63, 3.8) is 0 Å². The number of rotatable bonds is 3. The first-order chi connectivity index (χ1) is 12.9. The molecule has 1 saturated heterocycles. The molecular formula is C21H24ClN5. The number of benzene rings is 2. The normalized spacial score (nSPS) is 21.8. The van der Waals surface area contributed by atoms with Crippen LogP contribution in [-0.4, -0.2) is 45.6 Å². The van der Waals surface area contributed by atoms with Crippen molar-refractivity contribution in [1.82, 2.24) is 25.2 Å². The van der Waals surface area contributed by atoms with Gasteiger partial charge in [-0.25, -0.2) is 4.68 Å². The van der Waals surface area contributed by atoms with Gasteiger partial charge in [0.1, 0.15) is 5.69 Å². The maximum Gasteiger partial charge on any atom is 0.116 e. The Hall–Kier alpha value is -2.21. The second kappa shape index (κ2) is 7.80. The summed E-state index contributed by atoms with van der Waals surface area (Å²) in [6, 6.07) is 21.9. The summed E-state index contributed by atoms with van der Waals surface area (Å²) in [6.45, 7) is 4.04. The number of nitrogens with one attached hydrogen (secondary N) is 1. The number of halogens is 1. The van der Waals surface area contributed by atoms with E-state index in [2.05, 4.69) is 79.8 Å². The van der Waals surface area contributed by atoms with E-state index in [1.54, 1.807) is 0 Å². The summed E-state index contributed by atoms with van der Waals surface area (Å²) < 4.78 is 2.19. The Bertz CT molecular complexity index is 880. The Morgan fingerprint density at radius 1 is 0.963 bits per heavy atom. The molecule has 0 spiro atoms. The van der Waals surface area contributed by atoms with Gasteiger partial charge in [-0.1, -0.05) is 65.9 Å². The highest BCUT2D eigenvalue weighted by molar-refractivity contribution is 5.85. The first kappa shape index (κ1) is 18.2. The molecule has 3 heterocycles. The van der Waals surface area contributed by atoms with Gasteiger partial charge in [-0.15, -0.1) is 17.5 Å². The highest BCUT2D eigenvalue weighted by Gasteiger charge is 2.37. The minimum atomic E-state index is 0. The Kier molecular flexibility index (Phi) is 5.25. The van der Waals surface area contributed by atoms with Crippen LogP contribution in [-0.2, 0) is 13.0 Å². The molecule has 0 radical (unpaired) electrons. The molecule has 0 bridgehead atoms. The summed E-state index contributed by atoms with van der Waals surface area (Å²) >= 11 is 0. The van der Waals surface area contributed by atoms with Gasteiger partial charge in [0.15, 0.2) is 0 Å². The van der Waals surface area contributed by atoms with Crippen molar-refractivity contribution in [2.75, 3.05) is 19.6 Å². The molecule has 2 aliphatic heterocycles. The molecule has 5 rings (SSSR count). The van der Waals surface area contributed by atoms with Crippen LogP contribution in [0.5, 0.6) is 0 Å². The van der Waals surface area contributed by atoms with Crippen LogP contribution in [0.3, 0.4) is 0 Å². The van der Waals surface area contributed by atoms with E-state index in [-0.39, 0.29) is 12.4 Å². The van der Waals surface area contributed by atoms with E-state index < -0.39 is 0 Å². The lowest BCUT2D eigenvalue weighted by Crippen LogP contribution is -2.36. The largest absolute Gasteiger partial charge is 0.310 e. The molecule has 6 heteroatoms. The van der Waals surface area contributed by atoms with Gasteiger partial charge in [-0.2, -0.15) is 0 Å². The standard InChI is InChI=1S/C21H23N5.ClH/c1-3-7-16(8-4-1)13-25-14-18-20(15-25)26-19(11-12-22-18)21(23-24-26)17-9-5-2-6-10-17;/h1-10,18,20,22H,11-15H2;1H/t18-,20+;/m0./s1. The van der Waals surface area contributed by atoms with Gasteiger partial charge in [-0.3, -0.25) is 4.90 Å². The predicted octanol–water partition coefficient (Wildman–Crippen LogP) is 2.94.